The van der Waals surface area contributed by atoms with Gasteiger partial charge in [0.05, 0.1) is 13.2 Å². The third-order valence-electron chi connectivity index (χ3n) is 2.97. The maximum absolute atomic E-state index is 6.03. The van der Waals surface area contributed by atoms with Crippen molar-refractivity contribution in [1.82, 2.24) is 0 Å². The van der Waals surface area contributed by atoms with Gasteiger partial charge >= 0.3 is 0 Å². The summed E-state index contributed by atoms with van der Waals surface area (Å²) in [5, 5.41) is 0. The summed E-state index contributed by atoms with van der Waals surface area (Å²) in [6, 6.07) is 8.16. The third kappa shape index (κ3) is 5.14. The molecule has 3 heteroatoms. The molecule has 0 amide bonds. The summed E-state index contributed by atoms with van der Waals surface area (Å²) >= 11 is 2.38. The molecule has 0 aliphatic heterocycles. The second kappa shape index (κ2) is 8.75. The van der Waals surface area contributed by atoms with E-state index in [1.165, 1.54) is 18.4 Å². The molecule has 0 aliphatic rings. The van der Waals surface area contributed by atoms with E-state index in [2.05, 4.69) is 48.6 Å². The lowest BCUT2D eigenvalue weighted by Gasteiger charge is -2.19. The minimum atomic E-state index is 0.167. The third-order valence-corrected chi connectivity index (χ3v) is 3.77. The number of hydrogen-bond acceptors (Lipinski definition) is 2. The molecule has 0 fully saturated rings. The number of rotatable bonds is 8. The quantitative estimate of drug-likeness (QED) is 0.496. The molecule has 0 N–H and O–H groups in total. The van der Waals surface area contributed by atoms with E-state index in [0.717, 1.165) is 16.8 Å². The van der Waals surface area contributed by atoms with Gasteiger partial charge in [-0.2, -0.15) is 0 Å². The molecule has 0 spiro atoms. The summed E-state index contributed by atoms with van der Waals surface area (Å²) in [5.74, 6) is 1.53. The van der Waals surface area contributed by atoms with E-state index in [9.17, 15) is 0 Å². The number of alkyl halides is 1. The topological polar surface area (TPSA) is 18.5 Å². The van der Waals surface area contributed by atoms with E-state index in [4.69, 9.17) is 9.47 Å². The molecule has 1 aromatic carbocycles. The zero-order valence-corrected chi connectivity index (χ0v) is 13.6. The van der Waals surface area contributed by atoms with Crippen molar-refractivity contribution < 1.29 is 9.47 Å². The largest absolute Gasteiger partial charge is 0.497 e. The van der Waals surface area contributed by atoms with Crippen molar-refractivity contribution in [3.05, 3.63) is 29.8 Å². The maximum atomic E-state index is 6.03. The lowest BCUT2D eigenvalue weighted by molar-refractivity contribution is 0.0458. The Hall–Kier alpha value is -0.290. The van der Waals surface area contributed by atoms with Crippen LogP contribution in [0.3, 0.4) is 0 Å². The molecule has 0 aliphatic carbocycles. The molecule has 1 aromatic rings. The van der Waals surface area contributed by atoms with Gasteiger partial charge in [0.25, 0.3) is 0 Å². The predicted octanol–water partition coefficient (Wildman–Crippen LogP) is 4.62. The van der Waals surface area contributed by atoms with Gasteiger partial charge in [0.15, 0.2) is 0 Å². The van der Waals surface area contributed by atoms with Crippen LogP contribution in [0.25, 0.3) is 0 Å². The highest BCUT2D eigenvalue weighted by Crippen LogP contribution is 2.24. The SMILES string of the molecule is CCCC(C)COC(CI)c1cccc(OC)c1. The van der Waals surface area contributed by atoms with Crippen LogP contribution in [-0.4, -0.2) is 18.1 Å². The molecule has 2 nitrogen and oxygen atoms in total. The summed E-state index contributed by atoms with van der Waals surface area (Å²) in [6.07, 6.45) is 2.62. The molecule has 0 heterocycles. The predicted molar refractivity (Wildman–Crippen MR) is 84.6 cm³/mol. The van der Waals surface area contributed by atoms with E-state index >= 15 is 0 Å². The average Bonchev–Trinajstić information content (AvgIpc) is 2.40. The van der Waals surface area contributed by atoms with Crippen molar-refractivity contribution in [1.29, 1.82) is 0 Å². The monoisotopic (exact) mass is 362 g/mol. The normalized spacial score (nSPS) is 14.2. The van der Waals surface area contributed by atoms with E-state index in [0.29, 0.717) is 5.92 Å². The van der Waals surface area contributed by atoms with Crippen molar-refractivity contribution in [2.45, 2.75) is 32.8 Å². The van der Waals surface area contributed by atoms with Crippen molar-refractivity contribution in [2.24, 2.45) is 5.92 Å². The molecule has 18 heavy (non-hydrogen) atoms. The molecule has 102 valence electrons. The highest BCUT2D eigenvalue weighted by Gasteiger charge is 2.13. The fraction of sp³-hybridized carbons (Fsp3) is 0.600. The minimum absolute atomic E-state index is 0.167. The highest BCUT2D eigenvalue weighted by atomic mass is 127. The minimum Gasteiger partial charge on any atom is -0.497 e. The van der Waals surface area contributed by atoms with Gasteiger partial charge in [-0.25, -0.2) is 0 Å². The zero-order valence-electron chi connectivity index (χ0n) is 11.5. The number of benzene rings is 1. The second-order valence-electron chi connectivity index (χ2n) is 4.65. The average molecular weight is 362 g/mol. The maximum Gasteiger partial charge on any atom is 0.119 e. The first-order valence-electron chi connectivity index (χ1n) is 6.52. The molecule has 0 bridgehead atoms. The van der Waals surface area contributed by atoms with Crippen LogP contribution in [-0.2, 0) is 4.74 Å². The van der Waals surface area contributed by atoms with Crippen LogP contribution in [0.1, 0.15) is 38.4 Å². The summed E-state index contributed by atoms with van der Waals surface area (Å²) in [6.45, 7) is 5.30. The Morgan fingerprint density at radius 1 is 1.33 bits per heavy atom. The first-order valence-corrected chi connectivity index (χ1v) is 8.05. The first kappa shape index (κ1) is 15.8. The number of methoxy groups -OCH3 is 1. The Balaban J connectivity index is 2.59. The van der Waals surface area contributed by atoms with Gasteiger partial charge in [-0.05, 0) is 30.0 Å². The first-order chi connectivity index (χ1) is 8.71. The number of halogens is 1. The smallest absolute Gasteiger partial charge is 0.119 e. The lowest BCUT2D eigenvalue weighted by atomic mass is 10.1. The van der Waals surface area contributed by atoms with Crippen molar-refractivity contribution in [3.8, 4) is 5.75 Å². The van der Waals surface area contributed by atoms with Gasteiger partial charge in [-0.3, -0.25) is 0 Å². The van der Waals surface area contributed by atoms with E-state index in [-0.39, 0.29) is 6.10 Å². The summed E-state index contributed by atoms with van der Waals surface area (Å²) < 4.78 is 12.2. The molecule has 2 unspecified atom stereocenters. The van der Waals surface area contributed by atoms with Gasteiger partial charge < -0.3 is 9.47 Å². The van der Waals surface area contributed by atoms with E-state index < -0.39 is 0 Å². The van der Waals surface area contributed by atoms with Crippen molar-refractivity contribution in [3.63, 3.8) is 0 Å². The highest BCUT2D eigenvalue weighted by molar-refractivity contribution is 14.1. The Bertz CT molecular complexity index is 341. The Kier molecular flexibility index (Phi) is 7.66. The Morgan fingerprint density at radius 3 is 2.72 bits per heavy atom. The standard InChI is InChI=1S/C15H23IO2/c1-4-6-12(2)11-18-15(10-16)13-7-5-8-14(9-13)17-3/h5,7-9,12,15H,4,6,10-11H2,1-3H3. The molecular weight excluding hydrogens is 339 g/mol. The van der Waals surface area contributed by atoms with Gasteiger partial charge in [-0.1, -0.05) is 55.0 Å². The fourth-order valence-corrected chi connectivity index (χ4v) is 2.69. The van der Waals surface area contributed by atoms with Crippen LogP contribution >= 0.6 is 22.6 Å². The molecule has 0 aromatic heterocycles. The van der Waals surface area contributed by atoms with Crippen LogP contribution in [0.2, 0.25) is 0 Å². The van der Waals surface area contributed by atoms with Crippen LogP contribution < -0.4 is 4.74 Å². The summed E-state index contributed by atoms with van der Waals surface area (Å²) in [4.78, 5) is 0. The van der Waals surface area contributed by atoms with Gasteiger partial charge in [0.1, 0.15) is 5.75 Å². The number of ether oxygens (including phenoxy) is 2. The van der Waals surface area contributed by atoms with Crippen molar-refractivity contribution in [2.75, 3.05) is 18.1 Å². The van der Waals surface area contributed by atoms with Crippen LogP contribution in [0.15, 0.2) is 24.3 Å². The Labute approximate surface area is 124 Å². The lowest BCUT2D eigenvalue weighted by Crippen LogP contribution is -2.12. The number of hydrogen-bond donors (Lipinski definition) is 0. The van der Waals surface area contributed by atoms with Gasteiger partial charge in [-0.15, -0.1) is 0 Å². The van der Waals surface area contributed by atoms with Gasteiger partial charge in [0.2, 0.25) is 0 Å². The zero-order chi connectivity index (χ0) is 13.4. The molecule has 0 saturated carbocycles. The molecule has 0 radical (unpaired) electrons. The molecule has 0 saturated heterocycles. The second-order valence-corrected chi connectivity index (χ2v) is 5.53. The Morgan fingerprint density at radius 2 is 2.11 bits per heavy atom. The van der Waals surface area contributed by atoms with Crippen molar-refractivity contribution >= 4 is 22.6 Å². The molecule has 1 rings (SSSR count). The van der Waals surface area contributed by atoms with Crippen LogP contribution in [0.4, 0.5) is 0 Å². The molecular formula is C15H23IO2. The van der Waals surface area contributed by atoms with E-state index in [1.54, 1.807) is 7.11 Å². The van der Waals surface area contributed by atoms with Gasteiger partial charge in [0, 0.05) is 11.0 Å². The summed E-state index contributed by atoms with van der Waals surface area (Å²) in [5.41, 5.74) is 1.20. The van der Waals surface area contributed by atoms with Crippen LogP contribution in [0, 0.1) is 5.92 Å². The summed E-state index contributed by atoms with van der Waals surface area (Å²) in [7, 11) is 1.70. The van der Waals surface area contributed by atoms with Crippen LogP contribution in [0.5, 0.6) is 5.75 Å². The van der Waals surface area contributed by atoms with E-state index in [1.807, 2.05) is 12.1 Å². The fourth-order valence-electron chi connectivity index (χ4n) is 1.93. The molecule has 2 atom stereocenters.